The number of hydrogen-bond donors (Lipinski definition) is 1. The van der Waals surface area contributed by atoms with Crippen LogP contribution in [0.3, 0.4) is 0 Å². The Hall–Kier alpha value is -1.10. The minimum Gasteiger partial charge on any atom is -0.407 e. The molecule has 62 valence electrons. The van der Waals surface area contributed by atoms with E-state index in [1.54, 1.807) is 0 Å². The summed E-state index contributed by atoms with van der Waals surface area (Å²) in [6.45, 7) is 0. The fourth-order valence-corrected chi connectivity index (χ4v) is 1.50. The van der Waals surface area contributed by atoms with E-state index >= 15 is 0 Å². The second kappa shape index (κ2) is 2.45. The molecule has 1 aromatic carbocycles. The predicted molar refractivity (Wildman–Crippen MR) is 44.5 cm³/mol. The lowest BCUT2D eigenvalue weighted by molar-refractivity contribution is 0.553. The van der Waals surface area contributed by atoms with Gasteiger partial charge in [-0.25, -0.2) is 9.18 Å². The van der Waals surface area contributed by atoms with E-state index in [0.717, 1.165) is 0 Å². The number of oxazole rings is 1. The molecular weight excluding hydrogens is 229 g/mol. The van der Waals surface area contributed by atoms with Crippen LogP contribution in [0.2, 0.25) is 0 Å². The summed E-state index contributed by atoms with van der Waals surface area (Å²) < 4.78 is 17.9. The standard InChI is InChI=1S/C7H3BrFNO2/c8-4-1-3(9)2-5-6(4)12-7(11)10-5/h1-2H,(H,10,11). The van der Waals surface area contributed by atoms with Crippen LogP contribution in [-0.4, -0.2) is 4.98 Å². The van der Waals surface area contributed by atoms with E-state index in [2.05, 4.69) is 20.9 Å². The summed E-state index contributed by atoms with van der Waals surface area (Å²) in [5.41, 5.74) is 0.688. The van der Waals surface area contributed by atoms with Gasteiger partial charge in [-0.2, -0.15) is 0 Å². The zero-order chi connectivity index (χ0) is 8.72. The van der Waals surface area contributed by atoms with E-state index in [4.69, 9.17) is 4.42 Å². The normalized spacial score (nSPS) is 10.8. The van der Waals surface area contributed by atoms with E-state index in [0.29, 0.717) is 15.6 Å². The largest absolute Gasteiger partial charge is 0.417 e. The second-order valence-electron chi connectivity index (χ2n) is 2.28. The van der Waals surface area contributed by atoms with Gasteiger partial charge in [0, 0.05) is 6.07 Å². The van der Waals surface area contributed by atoms with Gasteiger partial charge in [-0.05, 0) is 22.0 Å². The first-order valence-corrected chi connectivity index (χ1v) is 3.94. The molecule has 1 N–H and O–H groups in total. The van der Waals surface area contributed by atoms with E-state index in [-0.39, 0.29) is 0 Å². The molecule has 1 heterocycles. The van der Waals surface area contributed by atoms with Crippen molar-refractivity contribution in [1.29, 1.82) is 0 Å². The van der Waals surface area contributed by atoms with E-state index < -0.39 is 11.6 Å². The zero-order valence-corrected chi connectivity index (χ0v) is 7.31. The number of H-pyrrole nitrogens is 1. The molecule has 0 aliphatic rings. The molecule has 2 rings (SSSR count). The van der Waals surface area contributed by atoms with Crippen molar-refractivity contribution in [3.05, 3.63) is 33.0 Å². The Morgan fingerprint density at radius 2 is 2.25 bits per heavy atom. The van der Waals surface area contributed by atoms with Crippen LogP contribution in [0.4, 0.5) is 4.39 Å². The minimum absolute atomic E-state index is 0.335. The lowest BCUT2D eigenvalue weighted by Gasteiger charge is -1.90. The molecule has 0 saturated heterocycles. The highest BCUT2D eigenvalue weighted by Gasteiger charge is 2.06. The minimum atomic E-state index is -0.587. The molecule has 0 radical (unpaired) electrons. The van der Waals surface area contributed by atoms with Crippen molar-refractivity contribution in [3.63, 3.8) is 0 Å². The Morgan fingerprint density at radius 3 is 3.00 bits per heavy atom. The van der Waals surface area contributed by atoms with Gasteiger partial charge in [0.2, 0.25) is 0 Å². The smallest absolute Gasteiger partial charge is 0.407 e. The third kappa shape index (κ3) is 1.06. The van der Waals surface area contributed by atoms with Crippen molar-refractivity contribution < 1.29 is 8.81 Å². The molecule has 5 heteroatoms. The van der Waals surface area contributed by atoms with Crippen LogP contribution >= 0.6 is 15.9 Å². The van der Waals surface area contributed by atoms with Gasteiger partial charge in [0.15, 0.2) is 5.58 Å². The average Bonchev–Trinajstić information content (AvgIpc) is 2.29. The third-order valence-electron chi connectivity index (χ3n) is 1.44. The van der Waals surface area contributed by atoms with Crippen molar-refractivity contribution in [3.8, 4) is 0 Å². The number of nitrogens with one attached hydrogen (secondary N) is 1. The molecule has 0 aliphatic heterocycles. The number of fused-ring (bicyclic) bond motifs is 1. The number of benzene rings is 1. The maximum Gasteiger partial charge on any atom is 0.417 e. The molecule has 0 amide bonds. The van der Waals surface area contributed by atoms with E-state index in [1.165, 1.54) is 12.1 Å². The summed E-state index contributed by atoms with van der Waals surface area (Å²) in [7, 11) is 0. The number of rotatable bonds is 0. The van der Waals surface area contributed by atoms with Crippen molar-refractivity contribution >= 4 is 27.0 Å². The molecule has 2 aromatic rings. The molecular formula is C7H3BrFNO2. The van der Waals surface area contributed by atoms with Gasteiger partial charge in [-0.3, -0.25) is 4.98 Å². The summed E-state index contributed by atoms with van der Waals surface area (Å²) >= 11 is 3.07. The van der Waals surface area contributed by atoms with Crippen molar-refractivity contribution in [2.45, 2.75) is 0 Å². The van der Waals surface area contributed by atoms with Gasteiger partial charge in [-0.15, -0.1) is 0 Å². The highest BCUT2D eigenvalue weighted by molar-refractivity contribution is 9.10. The maximum absolute atomic E-state index is 12.7. The Labute approximate surface area is 74.3 Å². The Bertz CT molecular complexity index is 488. The Balaban J connectivity index is 2.97. The Morgan fingerprint density at radius 1 is 1.50 bits per heavy atom. The zero-order valence-electron chi connectivity index (χ0n) is 5.73. The molecule has 0 unspecified atom stereocenters. The van der Waals surface area contributed by atoms with Crippen molar-refractivity contribution in [2.24, 2.45) is 0 Å². The van der Waals surface area contributed by atoms with Gasteiger partial charge in [0.25, 0.3) is 0 Å². The van der Waals surface area contributed by atoms with Gasteiger partial charge in [0.1, 0.15) is 5.82 Å². The maximum atomic E-state index is 12.7. The molecule has 0 saturated carbocycles. The molecule has 1 aromatic heterocycles. The molecule has 0 spiro atoms. The van der Waals surface area contributed by atoms with E-state index in [1.807, 2.05) is 0 Å². The lowest BCUT2D eigenvalue weighted by Crippen LogP contribution is -1.92. The summed E-state index contributed by atoms with van der Waals surface area (Å²) in [5, 5.41) is 0. The Kier molecular flexibility index (Phi) is 1.54. The first-order chi connectivity index (χ1) is 5.66. The summed E-state index contributed by atoms with van der Waals surface area (Å²) in [6, 6.07) is 2.43. The average molecular weight is 232 g/mol. The molecule has 0 aliphatic carbocycles. The van der Waals surface area contributed by atoms with Crippen molar-refractivity contribution in [1.82, 2.24) is 4.98 Å². The van der Waals surface area contributed by atoms with E-state index in [9.17, 15) is 9.18 Å². The van der Waals surface area contributed by atoms with Crippen LogP contribution < -0.4 is 5.76 Å². The van der Waals surface area contributed by atoms with Crippen LogP contribution in [0, 0.1) is 5.82 Å². The number of aromatic amines is 1. The van der Waals surface area contributed by atoms with Gasteiger partial charge in [-0.1, -0.05) is 0 Å². The fourth-order valence-electron chi connectivity index (χ4n) is 0.985. The van der Waals surface area contributed by atoms with Crippen molar-refractivity contribution in [2.75, 3.05) is 0 Å². The number of aromatic nitrogens is 1. The van der Waals surface area contributed by atoms with Crippen LogP contribution in [0.1, 0.15) is 0 Å². The van der Waals surface area contributed by atoms with Crippen LogP contribution in [0.5, 0.6) is 0 Å². The number of hydrogen-bond acceptors (Lipinski definition) is 2. The second-order valence-corrected chi connectivity index (χ2v) is 3.13. The highest BCUT2D eigenvalue weighted by Crippen LogP contribution is 2.22. The summed E-state index contributed by atoms with van der Waals surface area (Å²) in [4.78, 5) is 13.0. The highest BCUT2D eigenvalue weighted by atomic mass is 79.9. The topological polar surface area (TPSA) is 46.0 Å². The third-order valence-corrected chi connectivity index (χ3v) is 2.03. The van der Waals surface area contributed by atoms with Gasteiger partial charge in [0.05, 0.1) is 9.99 Å². The lowest BCUT2D eigenvalue weighted by atomic mass is 10.3. The first kappa shape index (κ1) is 7.54. The molecule has 12 heavy (non-hydrogen) atoms. The summed E-state index contributed by atoms with van der Waals surface area (Å²) in [6.07, 6.45) is 0. The fraction of sp³-hybridized carbons (Fsp3) is 0. The quantitative estimate of drug-likeness (QED) is 0.755. The van der Waals surface area contributed by atoms with Crippen LogP contribution in [0.25, 0.3) is 11.1 Å². The molecule has 0 bridgehead atoms. The monoisotopic (exact) mass is 231 g/mol. The number of halogens is 2. The predicted octanol–water partition coefficient (Wildman–Crippen LogP) is 2.02. The summed E-state index contributed by atoms with van der Waals surface area (Å²) in [5.74, 6) is -1.01. The van der Waals surface area contributed by atoms with Crippen LogP contribution in [-0.2, 0) is 0 Å². The van der Waals surface area contributed by atoms with Gasteiger partial charge >= 0.3 is 5.76 Å². The first-order valence-electron chi connectivity index (χ1n) is 3.15. The molecule has 0 atom stereocenters. The van der Waals surface area contributed by atoms with Crippen LogP contribution in [0.15, 0.2) is 25.8 Å². The molecule has 3 nitrogen and oxygen atoms in total. The molecule has 0 fully saturated rings. The SMILES string of the molecule is O=c1[nH]c2cc(F)cc(Br)c2o1. The van der Waals surface area contributed by atoms with Gasteiger partial charge < -0.3 is 4.42 Å².